The molecule has 0 radical (unpaired) electrons. The normalized spacial score (nSPS) is 13.7. The highest BCUT2D eigenvalue weighted by molar-refractivity contribution is 5.82. The molecule has 0 aliphatic heterocycles. The summed E-state index contributed by atoms with van der Waals surface area (Å²) in [7, 11) is 0. The first-order valence-corrected chi connectivity index (χ1v) is 5.30. The first kappa shape index (κ1) is 10.2. The van der Waals surface area contributed by atoms with E-state index in [-0.39, 0.29) is 6.04 Å². The molecule has 1 aromatic carbocycles. The molecule has 15 heavy (non-hydrogen) atoms. The fraction of sp³-hybridized carbons (Fsp3) is 0.417. The van der Waals surface area contributed by atoms with Crippen LogP contribution in [0.25, 0.3) is 10.9 Å². The number of rotatable bonds is 2. The van der Waals surface area contributed by atoms with E-state index >= 15 is 0 Å². The molecule has 1 heterocycles. The lowest BCUT2D eigenvalue weighted by Gasteiger charge is -2.13. The standard InChI is InChI=1S/C12H17N3/c1-7(2)11(13)12-9-5-4-8(3)6-10(9)14-15-12/h4-7,11H,13H2,1-3H3,(H,14,15). The van der Waals surface area contributed by atoms with Crippen LogP contribution in [0.1, 0.15) is 31.1 Å². The molecule has 1 unspecified atom stereocenters. The molecule has 0 amide bonds. The van der Waals surface area contributed by atoms with Gasteiger partial charge in [-0.25, -0.2) is 0 Å². The van der Waals surface area contributed by atoms with E-state index in [0.29, 0.717) is 5.92 Å². The van der Waals surface area contributed by atoms with Crippen molar-refractivity contribution in [2.75, 3.05) is 0 Å². The minimum absolute atomic E-state index is 0.0257. The van der Waals surface area contributed by atoms with Crippen LogP contribution in [0.2, 0.25) is 0 Å². The van der Waals surface area contributed by atoms with Crippen LogP contribution in [-0.2, 0) is 0 Å². The molecule has 80 valence electrons. The van der Waals surface area contributed by atoms with Crippen LogP contribution >= 0.6 is 0 Å². The Kier molecular flexibility index (Phi) is 2.49. The zero-order chi connectivity index (χ0) is 11.0. The molecular formula is C12H17N3. The molecule has 0 aliphatic carbocycles. The molecule has 3 heteroatoms. The fourth-order valence-electron chi connectivity index (χ4n) is 1.73. The van der Waals surface area contributed by atoms with E-state index in [1.165, 1.54) is 5.56 Å². The number of H-pyrrole nitrogens is 1. The van der Waals surface area contributed by atoms with Crippen LogP contribution in [0.4, 0.5) is 0 Å². The molecule has 0 fully saturated rings. The number of aryl methyl sites for hydroxylation is 1. The topological polar surface area (TPSA) is 54.7 Å². The summed E-state index contributed by atoms with van der Waals surface area (Å²) in [4.78, 5) is 0. The lowest BCUT2D eigenvalue weighted by Crippen LogP contribution is -2.17. The molecule has 0 saturated heterocycles. The Morgan fingerprint density at radius 3 is 2.73 bits per heavy atom. The molecular weight excluding hydrogens is 186 g/mol. The largest absolute Gasteiger partial charge is 0.322 e. The van der Waals surface area contributed by atoms with Crippen LogP contribution in [0, 0.1) is 12.8 Å². The Labute approximate surface area is 89.7 Å². The van der Waals surface area contributed by atoms with Crippen molar-refractivity contribution in [2.24, 2.45) is 11.7 Å². The maximum Gasteiger partial charge on any atom is 0.0926 e. The molecule has 3 nitrogen and oxygen atoms in total. The van der Waals surface area contributed by atoms with Gasteiger partial charge in [-0.05, 0) is 24.5 Å². The van der Waals surface area contributed by atoms with Gasteiger partial charge in [-0.3, -0.25) is 5.10 Å². The second kappa shape index (κ2) is 3.66. The number of hydrogen-bond donors (Lipinski definition) is 2. The van der Waals surface area contributed by atoms with Crippen LogP contribution in [0.3, 0.4) is 0 Å². The van der Waals surface area contributed by atoms with E-state index in [1.807, 2.05) is 0 Å². The summed E-state index contributed by atoms with van der Waals surface area (Å²) >= 11 is 0. The van der Waals surface area contributed by atoms with E-state index in [2.05, 4.69) is 49.2 Å². The van der Waals surface area contributed by atoms with E-state index in [1.54, 1.807) is 0 Å². The highest BCUT2D eigenvalue weighted by atomic mass is 15.1. The van der Waals surface area contributed by atoms with Gasteiger partial charge >= 0.3 is 0 Å². The fourth-order valence-corrected chi connectivity index (χ4v) is 1.73. The predicted octanol–water partition coefficient (Wildman–Crippen LogP) is 2.53. The third-order valence-corrected chi connectivity index (χ3v) is 2.79. The van der Waals surface area contributed by atoms with E-state index in [9.17, 15) is 0 Å². The maximum atomic E-state index is 6.12. The Morgan fingerprint density at radius 2 is 2.07 bits per heavy atom. The van der Waals surface area contributed by atoms with Crippen LogP contribution < -0.4 is 5.73 Å². The van der Waals surface area contributed by atoms with E-state index in [0.717, 1.165) is 16.6 Å². The summed E-state index contributed by atoms with van der Waals surface area (Å²) in [5, 5.41) is 8.47. The zero-order valence-electron chi connectivity index (χ0n) is 9.41. The summed E-state index contributed by atoms with van der Waals surface area (Å²) in [5.41, 5.74) is 9.38. The van der Waals surface area contributed by atoms with Gasteiger partial charge in [0.2, 0.25) is 0 Å². The van der Waals surface area contributed by atoms with Gasteiger partial charge < -0.3 is 5.73 Å². The molecule has 0 bridgehead atoms. The number of aromatic amines is 1. The lowest BCUT2D eigenvalue weighted by molar-refractivity contribution is 0.505. The molecule has 0 aliphatic rings. The Balaban J connectivity index is 2.54. The van der Waals surface area contributed by atoms with Gasteiger partial charge in [-0.1, -0.05) is 26.0 Å². The lowest BCUT2D eigenvalue weighted by atomic mass is 9.99. The Hall–Kier alpha value is -1.35. The van der Waals surface area contributed by atoms with Gasteiger partial charge in [0.05, 0.1) is 11.2 Å². The van der Waals surface area contributed by atoms with Crippen molar-refractivity contribution < 1.29 is 0 Å². The van der Waals surface area contributed by atoms with Crippen LogP contribution in [0.15, 0.2) is 18.2 Å². The highest BCUT2D eigenvalue weighted by Crippen LogP contribution is 2.25. The monoisotopic (exact) mass is 203 g/mol. The van der Waals surface area contributed by atoms with Gasteiger partial charge in [0.15, 0.2) is 0 Å². The van der Waals surface area contributed by atoms with E-state index in [4.69, 9.17) is 5.73 Å². The smallest absolute Gasteiger partial charge is 0.0926 e. The summed E-state index contributed by atoms with van der Waals surface area (Å²) < 4.78 is 0. The van der Waals surface area contributed by atoms with Crippen molar-refractivity contribution in [3.05, 3.63) is 29.5 Å². The number of nitrogens with zero attached hydrogens (tertiary/aromatic N) is 1. The second-order valence-corrected chi connectivity index (χ2v) is 4.43. The average Bonchev–Trinajstić information content (AvgIpc) is 2.59. The van der Waals surface area contributed by atoms with E-state index < -0.39 is 0 Å². The molecule has 0 spiro atoms. The Bertz CT molecular complexity index is 471. The van der Waals surface area contributed by atoms with Gasteiger partial charge in [0.25, 0.3) is 0 Å². The molecule has 3 N–H and O–H groups in total. The Morgan fingerprint density at radius 1 is 1.33 bits per heavy atom. The van der Waals surface area contributed by atoms with Crippen molar-refractivity contribution in [1.29, 1.82) is 0 Å². The van der Waals surface area contributed by atoms with Gasteiger partial charge in [-0.2, -0.15) is 5.10 Å². The second-order valence-electron chi connectivity index (χ2n) is 4.43. The van der Waals surface area contributed by atoms with Crippen molar-refractivity contribution in [2.45, 2.75) is 26.8 Å². The third-order valence-electron chi connectivity index (χ3n) is 2.79. The molecule has 2 rings (SSSR count). The third kappa shape index (κ3) is 1.75. The van der Waals surface area contributed by atoms with Crippen molar-refractivity contribution in [3.63, 3.8) is 0 Å². The number of aromatic nitrogens is 2. The van der Waals surface area contributed by atoms with Crippen molar-refractivity contribution in [1.82, 2.24) is 10.2 Å². The molecule has 0 saturated carbocycles. The number of fused-ring (bicyclic) bond motifs is 1. The van der Waals surface area contributed by atoms with Gasteiger partial charge in [0.1, 0.15) is 0 Å². The predicted molar refractivity (Wildman–Crippen MR) is 62.6 cm³/mol. The van der Waals surface area contributed by atoms with Gasteiger partial charge in [0, 0.05) is 11.4 Å². The first-order valence-electron chi connectivity index (χ1n) is 5.30. The zero-order valence-corrected chi connectivity index (χ0v) is 9.41. The number of nitrogens with two attached hydrogens (primary N) is 1. The minimum atomic E-state index is 0.0257. The van der Waals surface area contributed by atoms with Crippen LogP contribution in [0.5, 0.6) is 0 Å². The maximum absolute atomic E-state index is 6.12. The van der Waals surface area contributed by atoms with Crippen LogP contribution in [-0.4, -0.2) is 10.2 Å². The summed E-state index contributed by atoms with van der Waals surface area (Å²) in [5.74, 6) is 0.412. The molecule has 2 aromatic rings. The minimum Gasteiger partial charge on any atom is -0.322 e. The average molecular weight is 203 g/mol. The molecule has 1 aromatic heterocycles. The summed E-state index contributed by atoms with van der Waals surface area (Å²) in [6.45, 7) is 6.30. The highest BCUT2D eigenvalue weighted by Gasteiger charge is 2.15. The van der Waals surface area contributed by atoms with Crippen molar-refractivity contribution in [3.8, 4) is 0 Å². The van der Waals surface area contributed by atoms with Crippen molar-refractivity contribution >= 4 is 10.9 Å². The number of nitrogens with one attached hydrogen (secondary N) is 1. The number of benzene rings is 1. The van der Waals surface area contributed by atoms with Gasteiger partial charge in [-0.15, -0.1) is 0 Å². The summed E-state index contributed by atoms with van der Waals surface area (Å²) in [6.07, 6.45) is 0. The summed E-state index contributed by atoms with van der Waals surface area (Å²) in [6, 6.07) is 6.28. The first-order chi connectivity index (χ1) is 7.09. The SMILES string of the molecule is Cc1ccc2c(C(N)C(C)C)[nH]nc2c1. The number of hydrogen-bond acceptors (Lipinski definition) is 2. The molecule has 1 atom stereocenters. The quantitative estimate of drug-likeness (QED) is 0.788.